The number of benzene rings is 1. The van der Waals surface area contributed by atoms with Crippen LogP contribution in [0.15, 0.2) is 38.5 Å². The van der Waals surface area contributed by atoms with Crippen LogP contribution in [0.25, 0.3) is 0 Å². The first-order valence-electron chi connectivity index (χ1n) is 8.76. The summed E-state index contributed by atoms with van der Waals surface area (Å²) in [6.45, 7) is 6.27. The van der Waals surface area contributed by atoms with Gasteiger partial charge in [-0.15, -0.1) is 0 Å². The first-order valence-corrected chi connectivity index (χ1v) is 12.7. The van der Waals surface area contributed by atoms with Crippen LogP contribution >= 0.6 is 11.3 Å². The Morgan fingerprint density at radius 2 is 1.74 bits per heavy atom. The molecule has 0 bridgehead atoms. The Hall–Kier alpha value is -1.49. The lowest BCUT2D eigenvalue weighted by molar-refractivity contribution is 0.578. The van der Waals surface area contributed by atoms with E-state index in [2.05, 4.69) is 10.3 Å². The average Bonchev–Trinajstić information content (AvgIpc) is 3.10. The molecule has 0 spiro atoms. The van der Waals surface area contributed by atoms with E-state index in [-0.39, 0.29) is 20.0 Å². The number of thiazole rings is 1. The summed E-state index contributed by atoms with van der Waals surface area (Å²) in [7, 11) is -7.52. The summed E-state index contributed by atoms with van der Waals surface area (Å²) < 4.78 is 51.3. The highest BCUT2D eigenvalue weighted by Crippen LogP contribution is 2.37. The third kappa shape index (κ3) is 4.18. The molecule has 0 atom stereocenters. The summed E-state index contributed by atoms with van der Waals surface area (Å²) in [4.78, 5) is 6.15. The van der Waals surface area contributed by atoms with Gasteiger partial charge in [0.25, 0.3) is 0 Å². The second-order valence-electron chi connectivity index (χ2n) is 6.46. The Balaban J connectivity index is 2.14. The minimum absolute atomic E-state index is 0.0501. The summed E-state index contributed by atoms with van der Waals surface area (Å²) in [6.07, 6.45) is 0.449. The standard InChI is InChI=1S/C17H23N3O4S3/c1-3-12-26(21,22)17-19-15(16(25-17)20-10-8-18-9-11-20)27(23,24)14-6-4-13(2)5-7-14/h4-7,18H,3,8-12H2,1-2H3. The lowest BCUT2D eigenvalue weighted by Crippen LogP contribution is -2.43. The maximum Gasteiger partial charge on any atom is 0.226 e. The maximum atomic E-state index is 13.2. The quantitative estimate of drug-likeness (QED) is 0.749. The van der Waals surface area contributed by atoms with E-state index in [4.69, 9.17) is 0 Å². The smallest absolute Gasteiger partial charge is 0.226 e. The van der Waals surface area contributed by atoms with Crippen LogP contribution in [-0.2, 0) is 19.7 Å². The van der Waals surface area contributed by atoms with Crippen molar-refractivity contribution >= 4 is 36.0 Å². The number of anilines is 1. The molecule has 1 aliphatic heterocycles. The van der Waals surface area contributed by atoms with Crippen molar-refractivity contribution < 1.29 is 16.8 Å². The van der Waals surface area contributed by atoms with Crippen LogP contribution in [0.1, 0.15) is 18.9 Å². The zero-order valence-corrected chi connectivity index (χ0v) is 17.8. The van der Waals surface area contributed by atoms with Crippen LogP contribution in [0.4, 0.5) is 5.00 Å². The lowest BCUT2D eigenvalue weighted by Gasteiger charge is -2.28. The molecule has 148 valence electrons. The molecule has 1 fully saturated rings. The van der Waals surface area contributed by atoms with Gasteiger partial charge in [-0.25, -0.2) is 21.8 Å². The minimum atomic E-state index is -3.92. The van der Waals surface area contributed by atoms with Crippen LogP contribution in [0.3, 0.4) is 0 Å². The number of nitrogens with one attached hydrogen (secondary N) is 1. The van der Waals surface area contributed by atoms with E-state index in [0.29, 0.717) is 37.6 Å². The monoisotopic (exact) mass is 429 g/mol. The van der Waals surface area contributed by atoms with Crippen LogP contribution in [0.2, 0.25) is 0 Å². The second-order valence-corrected chi connectivity index (χ2v) is 11.6. The zero-order chi connectivity index (χ0) is 19.7. The fourth-order valence-electron chi connectivity index (χ4n) is 2.84. The molecule has 2 heterocycles. The second kappa shape index (κ2) is 7.86. The van der Waals surface area contributed by atoms with E-state index >= 15 is 0 Å². The first-order chi connectivity index (χ1) is 12.8. The van der Waals surface area contributed by atoms with Crippen molar-refractivity contribution in [1.29, 1.82) is 0 Å². The van der Waals surface area contributed by atoms with Gasteiger partial charge in [-0.2, -0.15) is 0 Å². The van der Waals surface area contributed by atoms with Gasteiger partial charge in [0.1, 0.15) is 5.00 Å². The topological polar surface area (TPSA) is 96.4 Å². The molecular weight excluding hydrogens is 406 g/mol. The van der Waals surface area contributed by atoms with Gasteiger partial charge >= 0.3 is 0 Å². The van der Waals surface area contributed by atoms with Crippen molar-refractivity contribution in [3.63, 3.8) is 0 Å². The predicted molar refractivity (Wildman–Crippen MR) is 106 cm³/mol. The highest BCUT2D eigenvalue weighted by atomic mass is 32.2. The van der Waals surface area contributed by atoms with Crippen LogP contribution in [-0.4, -0.2) is 53.8 Å². The predicted octanol–water partition coefficient (Wildman–Crippen LogP) is 1.88. The largest absolute Gasteiger partial charge is 0.358 e. The van der Waals surface area contributed by atoms with Gasteiger partial charge in [0.2, 0.25) is 24.0 Å². The molecular formula is C17H23N3O4S3. The number of hydrogen-bond acceptors (Lipinski definition) is 8. The maximum absolute atomic E-state index is 13.2. The molecule has 0 aliphatic carbocycles. The van der Waals surface area contributed by atoms with Gasteiger partial charge in [-0.05, 0) is 25.5 Å². The molecule has 0 amide bonds. The Labute approximate surface area is 164 Å². The number of sulfone groups is 2. The van der Waals surface area contributed by atoms with Crippen LogP contribution < -0.4 is 10.2 Å². The molecule has 0 saturated carbocycles. The van der Waals surface area contributed by atoms with Gasteiger partial charge in [-0.3, -0.25) is 0 Å². The van der Waals surface area contributed by atoms with E-state index < -0.39 is 19.7 Å². The van der Waals surface area contributed by atoms with Gasteiger partial charge in [-0.1, -0.05) is 36.0 Å². The van der Waals surface area contributed by atoms with Gasteiger partial charge < -0.3 is 10.2 Å². The molecule has 0 unspecified atom stereocenters. The number of nitrogens with zero attached hydrogens (tertiary/aromatic N) is 2. The summed E-state index contributed by atoms with van der Waals surface area (Å²) in [5.41, 5.74) is 0.945. The number of aromatic nitrogens is 1. The van der Waals surface area contributed by atoms with E-state index in [1.54, 1.807) is 19.1 Å². The molecule has 0 radical (unpaired) electrons. The molecule has 3 rings (SSSR count). The molecule has 10 heteroatoms. The van der Waals surface area contributed by atoms with Crippen LogP contribution in [0.5, 0.6) is 0 Å². The molecule has 1 N–H and O–H groups in total. The van der Waals surface area contributed by atoms with Crippen molar-refractivity contribution in [2.75, 3.05) is 36.8 Å². The number of hydrogen-bond donors (Lipinski definition) is 1. The lowest BCUT2D eigenvalue weighted by atomic mass is 10.2. The van der Waals surface area contributed by atoms with Crippen molar-refractivity contribution in [1.82, 2.24) is 10.3 Å². The summed E-state index contributed by atoms with van der Waals surface area (Å²) >= 11 is 0.958. The molecule has 1 aromatic carbocycles. The first kappa shape index (κ1) is 20.2. The number of rotatable bonds is 6. The van der Waals surface area contributed by atoms with E-state index in [9.17, 15) is 16.8 Å². The summed E-state index contributed by atoms with van der Waals surface area (Å²) in [5.74, 6) is -0.0501. The van der Waals surface area contributed by atoms with Gasteiger partial charge in [0.15, 0.2) is 5.03 Å². The highest BCUT2D eigenvalue weighted by Gasteiger charge is 2.32. The Kier molecular flexibility index (Phi) is 5.90. The average molecular weight is 430 g/mol. The molecule has 1 saturated heterocycles. The SMILES string of the molecule is CCCS(=O)(=O)c1nc(S(=O)(=O)c2ccc(C)cc2)c(N2CCNCC2)s1. The molecule has 1 aliphatic rings. The number of piperazine rings is 1. The fraction of sp³-hybridized carbons (Fsp3) is 0.471. The summed E-state index contributed by atoms with van der Waals surface area (Å²) in [5, 5.41) is 3.46. The van der Waals surface area contributed by atoms with Crippen molar-refractivity contribution in [2.45, 2.75) is 34.5 Å². The van der Waals surface area contributed by atoms with E-state index in [1.165, 1.54) is 12.1 Å². The molecule has 1 aromatic heterocycles. The molecule has 27 heavy (non-hydrogen) atoms. The normalized spacial score (nSPS) is 15.9. The highest BCUT2D eigenvalue weighted by molar-refractivity contribution is 7.94. The van der Waals surface area contributed by atoms with E-state index in [1.807, 2.05) is 11.8 Å². The Morgan fingerprint density at radius 1 is 1.11 bits per heavy atom. The van der Waals surface area contributed by atoms with Crippen molar-refractivity contribution in [3.05, 3.63) is 29.8 Å². The summed E-state index contributed by atoms with van der Waals surface area (Å²) in [6, 6.07) is 6.51. The zero-order valence-electron chi connectivity index (χ0n) is 15.3. The van der Waals surface area contributed by atoms with Crippen molar-refractivity contribution in [3.8, 4) is 0 Å². The van der Waals surface area contributed by atoms with Gasteiger partial charge in [0, 0.05) is 26.2 Å². The third-order valence-corrected chi connectivity index (χ3v) is 9.60. The van der Waals surface area contributed by atoms with Crippen LogP contribution in [0, 0.1) is 6.92 Å². The molecule has 2 aromatic rings. The fourth-order valence-corrected chi connectivity index (χ4v) is 7.38. The number of aryl methyl sites for hydroxylation is 1. The van der Waals surface area contributed by atoms with Crippen molar-refractivity contribution in [2.24, 2.45) is 0 Å². The molecule has 7 nitrogen and oxygen atoms in total. The third-order valence-electron chi connectivity index (χ3n) is 4.29. The van der Waals surface area contributed by atoms with E-state index in [0.717, 1.165) is 16.9 Å². The minimum Gasteiger partial charge on any atom is -0.358 e. The van der Waals surface area contributed by atoms with Gasteiger partial charge in [0.05, 0.1) is 10.6 Å². The Morgan fingerprint density at radius 3 is 2.33 bits per heavy atom. The Bertz CT molecular complexity index is 1010.